The molecule has 0 aromatic rings. The van der Waals surface area contributed by atoms with Gasteiger partial charge in [0.15, 0.2) is 0 Å². The van der Waals surface area contributed by atoms with Gasteiger partial charge in [0.05, 0.1) is 8.80 Å². The van der Waals surface area contributed by atoms with Crippen LogP contribution in [0.4, 0.5) is 0 Å². The third kappa shape index (κ3) is 2.16. The number of hydrogen-bond donors (Lipinski definition) is 0. The van der Waals surface area contributed by atoms with E-state index in [1.807, 2.05) is 0 Å². The molecule has 0 fully saturated rings. The maximum atomic E-state index is 3.94. The van der Waals surface area contributed by atoms with Crippen molar-refractivity contribution in [2.75, 3.05) is 14.1 Å². The molecule has 0 spiro atoms. The van der Waals surface area contributed by atoms with Gasteiger partial charge in [0, 0.05) is 14.1 Å². The average molecular weight is 129 g/mol. The van der Waals surface area contributed by atoms with Gasteiger partial charge in [0.2, 0.25) is 0 Å². The molecule has 2 heteroatoms. The Labute approximate surface area is 53.6 Å². The van der Waals surface area contributed by atoms with Gasteiger partial charge >= 0.3 is 0 Å². The summed E-state index contributed by atoms with van der Waals surface area (Å²) in [7, 11) is 3.51. The highest BCUT2D eigenvalue weighted by molar-refractivity contribution is 6.63. The summed E-state index contributed by atoms with van der Waals surface area (Å²) in [6.45, 7) is 8.50. The Morgan fingerprint density at radius 1 is 1.38 bits per heavy atom. The highest BCUT2D eigenvalue weighted by Crippen LogP contribution is 1.98. The van der Waals surface area contributed by atoms with Crippen LogP contribution < -0.4 is 0 Å². The topological polar surface area (TPSA) is 3.24 Å². The summed E-state index contributed by atoms with van der Waals surface area (Å²) < 4.78 is 0. The van der Waals surface area contributed by atoms with Crippen molar-refractivity contribution in [2.24, 2.45) is 0 Å². The zero-order valence-electron chi connectivity index (χ0n) is 6.23. The van der Waals surface area contributed by atoms with E-state index in [9.17, 15) is 0 Å². The summed E-state index contributed by atoms with van der Waals surface area (Å²) in [6, 6.07) is 0. The van der Waals surface area contributed by atoms with Crippen molar-refractivity contribution in [1.29, 1.82) is 0 Å². The second-order valence-electron chi connectivity index (χ2n) is 2.54. The molecular weight excluding hydrogens is 114 g/mol. The van der Waals surface area contributed by atoms with Crippen molar-refractivity contribution in [2.45, 2.75) is 13.1 Å². The van der Waals surface area contributed by atoms with Gasteiger partial charge in [-0.3, -0.25) is 0 Å². The van der Waals surface area contributed by atoms with Gasteiger partial charge in [-0.05, 0) is 5.32 Å². The zero-order valence-corrected chi connectivity index (χ0v) is 7.39. The molecule has 0 aromatic heterocycles. The predicted molar refractivity (Wildman–Crippen MR) is 41.7 cm³/mol. The molecule has 0 saturated heterocycles. The van der Waals surface area contributed by atoms with Crippen LogP contribution in [0.25, 0.3) is 0 Å². The van der Waals surface area contributed by atoms with Crippen LogP contribution in [-0.4, -0.2) is 27.8 Å². The van der Waals surface area contributed by atoms with E-state index in [1.165, 1.54) is 5.32 Å². The molecular formula is C6H15NSi. The Kier molecular flexibility index (Phi) is 2.83. The molecule has 0 radical (unpaired) electrons. The van der Waals surface area contributed by atoms with Crippen LogP contribution in [0.5, 0.6) is 0 Å². The molecule has 1 nitrogen and oxygen atoms in total. The second-order valence-corrected chi connectivity index (χ2v) is 5.52. The summed E-state index contributed by atoms with van der Waals surface area (Å²) in [4.78, 5) is 2.11. The van der Waals surface area contributed by atoms with Crippen LogP contribution in [0.1, 0.15) is 0 Å². The van der Waals surface area contributed by atoms with Gasteiger partial charge < -0.3 is 4.90 Å². The Morgan fingerprint density at radius 2 is 1.75 bits per heavy atom. The summed E-state index contributed by atoms with van der Waals surface area (Å²) in [5.74, 6) is 0. The molecule has 0 unspecified atom stereocenters. The van der Waals surface area contributed by atoms with Gasteiger partial charge in [0.1, 0.15) is 0 Å². The summed E-state index contributed by atoms with van der Waals surface area (Å²) in [5.41, 5.74) is 0. The first kappa shape index (κ1) is 7.76. The van der Waals surface area contributed by atoms with E-state index in [2.05, 4.69) is 38.7 Å². The lowest BCUT2D eigenvalue weighted by atomic mass is 10.8. The molecule has 0 heterocycles. The third-order valence-electron chi connectivity index (χ3n) is 1.24. The molecule has 48 valence electrons. The van der Waals surface area contributed by atoms with E-state index in [4.69, 9.17) is 0 Å². The molecule has 0 atom stereocenters. The SMILES string of the molecule is C=C(N(C)C)[SiH](C)C. The van der Waals surface area contributed by atoms with Crippen molar-refractivity contribution >= 4 is 8.80 Å². The van der Waals surface area contributed by atoms with Crippen LogP contribution >= 0.6 is 0 Å². The highest BCUT2D eigenvalue weighted by Gasteiger charge is 2.00. The third-order valence-corrected chi connectivity index (χ3v) is 3.09. The van der Waals surface area contributed by atoms with E-state index in [0.717, 1.165) is 0 Å². The van der Waals surface area contributed by atoms with E-state index in [-0.39, 0.29) is 0 Å². The maximum Gasteiger partial charge on any atom is 0.0843 e. The fraction of sp³-hybridized carbons (Fsp3) is 0.667. The normalized spacial score (nSPS) is 9.62. The molecule has 0 bridgehead atoms. The molecule has 0 N–H and O–H groups in total. The van der Waals surface area contributed by atoms with Gasteiger partial charge in [-0.1, -0.05) is 19.7 Å². The predicted octanol–water partition coefficient (Wildman–Crippen LogP) is 1.09. The number of nitrogens with zero attached hydrogens (tertiary/aromatic N) is 1. The zero-order chi connectivity index (χ0) is 6.73. The van der Waals surface area contributed by atoms with Crippen molar-refractivity contribution in [3.05, 3.63) is 11.9 Å². The fourth-order valence-corrected chi connectivity index (χ4v) is 1.55. The molecule has 0 rings (SSSR count). The van der Waals surface area contributed by atoms with Crippen molar-refractivity contribution in [3.63, 3.8) is 0 Å². The lowest BCUT2D eigenvalue weighted by Gasteiger charge is -2.17. The Morgan fingerprint density at radius 3 is 1.75 bits per heavy atom. The average Bonchev–Trinajstić information content (AvgIpc) is 1.64. The first-order chi connectivity index (χ1) is 3.55. The van der Waals surface area contributed by atoms with E-state index < -0.39 is 8.80 Å². The summed E-state index contributed by atoms with van der Waals surface area (Å²) in [5, 5.41) is 1.32. The fourth-order valence-electron chi connectivity index (χ4n) is 0.516. The van der Waals surface area contributed by atoms with Crippen molar-refractivity contribution in [1.82, 2.24) is 4.90 Å². The van der Waals surface area contributed by atoms with Gasteiger partial charge in [-0.25, -0.2) is 0 Å². The minimum Gasteiger partial charge on any atom is -0.385 e. The maximum absolute atomic E-state index is 3.94. The molecule has 0 aliphatic rings. The first-order valence-electron chi connectivity index (χ1n) is 2.91. The Bertz CT molecular complexity index is 76.5. The monoisotopic (exact) mass is 129 g/mol. The van der Waals surface area contributed by atoms with Crippen LogP contribution in [0.2, 0.25) is 13.1 Å². The first-order valence-corrected chi connectivity index (χ1v) is 5.80. The van der Waals surface area contributed by atoms with Gasteiger partial charge in [-0.2, -0.15) is 0 Å². The van der Waals surface area contributed by atoms with Crippen molar-refractivity contribution in [3.8, 4) is 0 Å². The Hall–Kier alpha value is -0.243. The number of hydrogen-bond acceptors (Lipinski definition) is 1. The molecule has 0 aliphatic heterocycles. The molecule has 0 aromatic carbocycles. The lowest BCUT2D eigenvalue weighted by molar-refractivity contribution is 0.545. The largest absolute Gasteiger partial charge is 0.385 e. The smallest absolute Gasteiger partial charge is 0.0843 e. The van der Waals surface area contributed by atoms with Crippen molar-refractivity contribution < 1.29 is 0 Å². The summed E-state index contributed by atoms with van der Waals surface area (Å²) >= 11 is 0. The molecule has 0 aliphatic carbocycles. The number of rotatable bonds is 2. The molecule has 0 saturated carbocycles. The van der Waals surface area contributed by atoms with Gasteiger partial charge in [0.25, 0.3) is 0 Å². The van der Waals surface area contributed by atoms with E-state index in [1.54, 1.807) is 0 Å². The van der Waals surface area contributed by atoms with E-state index >= 15 is 0 Å². The van der Waals surface area contributed by atoms with Crippen LogP contribution in [0.15, 0.2) is 11.9 Å². The quantitative estimate of drug-likeness (QED) is 0.504. The van der Waals surface area contributed by atoms with E-state index in [0.29, 0.717) is 0 Å². The van der Waals surface area contributed by atoms with Crippen LogP contribution in [0, 0.1) is 0 Å². The summed E-state index contributed by atoms with van der Waals surface area (Å²) in [6.07, 6.45) is 0. The second kappa shape index (κ2) is 2.92. The minimum atomic E-state index is -0.591. The molecule has 8 heavy (non-hydrogen) atoms. The van der Waals surface area contributed by atoms with Crippen LogP contribution in [0.3, 0.4) is 0 Å². The minimum absolute atomic E-state index is 0.591. The molecule has 0 amide bonds. The highest BCUT2D eigenvalue weighted by atomic mass is 28.3. The Balaban J connectivity index is 3.65. The standard InChI is InChI=1S/C6H15NSi/c1-6(7(2)3)8(4)5/h8H,1H2,2-5H3. The lowest BCUT2D eigenvalue weighted by Crippen LogP contribution is -2.20. The van der Waals surface area contributed by atoms with Crippen LogP contribution in [-0.2, 0) is 0 Å². The van der Waals surface area contributed by atoms with Gasteiger partial charge in [-0.15, -0.1) is 0 Å².